The maximum Gasteiger partial charge on any atom is 0.271 e. The number of hydrogen-bond donors (Lipinski definition) is 5. The lowest BCUT2D eigenvalue weighted by Gasteiger charge is -2.31. The van der Waals surface area contributed by atoms with Crippen molar-refractivity contribution in [3.05, 3.63) is 104 Å². The molecule has 2 aromatic carbocycles. The van der Waals surface area contributed by atoms with E-state index in [-0.39, 0.29) is 30.3 Å². The van der Waals surface area contributed by atoms with Crippen molar-refractivity contribution in [1.29, 1.82) is 0 Å². The Morgan fingerprint density at radius 3 is 1.83 bits per heavy atom. The van der Waals surface area contributed by atoms with Gasteiger partial charge in [-0.3, -0.25) is 24.0 Å². The maximum atomic E-state index is 14.3. The van der Waals surface area contributed by atoms with Gasteiger partial charge in [-0.05, 0) is 43.2 Å². The van der Waals surface area contributed by atoms with Crippen LogP contribution in [0.25, 0.3) is 0 Å². The van der Waals surface area contributed by atoms with E-state index in [4.69, 9.17) is 0 Å². The Labute approximate surface area is 315 Å². The van der Waals surface area contributed by atoms with Crippen molar-refractivity contribution in [2.75, 3.05) is 6.54 Å². The van der Waals surface area contributed by atoms with E-state index in [1.807, 2.05) is 74.5 Å². The summed E-state index contributed by atoms with van der Waals surface area (Å²) in [7, 11) is 0. The molecule has 13 nitrogen and oxygen atoms in total. The summed E-state index contributed by atoms with van der Waals surface area (Å²) in [5, 5.41) is 26.4. The summed E-state index contributed by atoms with van der Waals surface area (Å²) >= 11 is 2.43. The molecule has 4 heterocycles. The van der Waals surface area contributed by atoms with Crippen LogP contribution in [0.5, 0.6) is 0 Å². The molecule has 1 fully saturated rings. The third-order valence-corrected chi connectivity index (χ3v) is 11.3. The number of aromatic nitrogens is 2. The highest BCUT2D eigenvalue weighted by atomic mass is 32.1. The quantitative estimate of drug-likeness (QED) is 0.199. The number of nitrogens with one attached hydrogen (secondary N) is 4. The molecule has 5 amide bonds. The van der Waals surface area contributed by atoms with Crippen LogP contribution < -0.4 is 21.3 Å². The largest absolute Gasteiger partial charge is 0.391 e. The van der Waals surface area contributed by atoms with Crippen LogP contribution in [0.3, 0.4) is 0 Å². The van der Waals surface area contributed by atoms with Crippen molar-refractivity contribution in [1.82, 2.24) is 36.1 Å². The monoisotopic (exact) mass is 757 g/mol. The third-order valence-electron chi connectivity index (χ3n) is 9.41. The summed E-state index contributed by atoms with van der Waals surface area (Å²) in [6.45, 7) is 5.46. The molecule has 2 aromatic heterocycles. The molecule has 53 heavy (non-hydrogen) atoms. The van der Waals surface area contributed by atoms with Crippen molar-refractivity contribution in [2.24, 2.45) is 5.92 Å². The highest BCUT2D eigenvalue weighted by Crippen LogP contribution is 2.28. The van der Waals surface area contributed by atoms with Gasteiger partial charge in [0.1, 0.15) is 39.5 Å². The second-order valence-corrected chi connectivity index (χ2v) is 15.5. The molecule has 0 spiro atoms. The number of fused-ring (bicyclic) bond motifs is 5. The van der Waals surface area contributed by atoms with Crippen LogP contribution in [0.1, 0.15) is 87.8 Å². The Morgan fingerprint density at radius 2 is 1.25 bits per heavy atom. The van der Waals surface area contributed by atoms with Gasteiger partial charge < -0.3 is 31.3 Å². The second kappa shape index (κ2) is 16.8. The second-order valence-electron chi connectivity index (χ2n) is 13.7. The summed E-state index contributed by atoms with van der Waals surface area (Å²) in [5.41, 5.74) is 1.98. The van der Waals surface area contributed by atoms with Gasteiger partial charge in [0.2, 0.25) is 17.7 Å². The van der Waals surface area contributed by atoms with Crippen LogP contribution in [-0.2, 0) is 27.2 Å². The van der Waals surface area contributed by atoms with Crippen molar-refractivity contribution in [3.63, 3.8) is 0 Å². The van der Waals surface area contributed by atoms with E-state index >= 15 is 0 Å². The molecule has 1 saturated heterocycles. The van der Waals surface area contributed by atoms with Crippen LogP contribution in [0.4, 0.5) is 0 Å². The van der Waals surface area contributed by atoms with Gasteiger partial charge in [-0.1, -0.05) is 74.5 Å². The number of amides is 5. The SMILES string of the molecule is CC(C)[C@H]1NC(=O)[C@H]([C@H](C)O)NC(=O)[C@@H]2CCCN2C(=O)[C@@H](Cc2ccccc2)NC(=O)c2csc(n2)[C@H](Cc2ccccc2)NC(=O)c2csc1n2. The number of carbonyl (C=O) groups is 5. The first-order chi connectivity index (χ1) is 25.5. The van der Waals surface area contributed by atoms with Gasteiger partial charge in [0.15, 0.2) is 0 Å². The van der Waals surface area contributed by atoms with Crippen molar-refractivity contribution >= 4 is 52.2 Å². The molecule has 4 bridgehead atoms. The number of nitrogens with zero attached hydrogens (tertiary/aromatic N) is 3. The Hall–Kier alpha value is -4.99. The van der Waals surface area contributed by atoms with E-state index < -0.39 is 65.8 Å². The van der Waals surface area contributed by atoms with Gasteiger partial charge in [0, 0.05) is 23.7 Å². The van der Waals surface area contributed by atoms with Crippen LogP contribution in [-0.4, -0.2) is 80.3 Å². The van der Waals surface area contributed by atoms with Crippen molar-refractivity contribution < 1.29 is 29.1 Å². The molecule has 0 unspecified atom stereocenters. The first-order valence-corrected chi connectivity index (χ1v) is 19.4. The predicted octanol–water partition coefficient (Wildman–Crippen LogP) is 3.34. The van der Waals surface area contributed by atoms with Crippen LogP contribution in [0.2, 0.25) is 0 Å². The van der Waals surface area contributed by atoms with E-state index in [1.54, 1.807) is 10.8 Å². The lowest BCUT2D eigenvalue weighted by molar-refractivity contribution is -0.141. The van der Waals surface area contributed by atoms with Crippen LogP contribution >= 0.6 is 22.7 Å². The standard InChI is InChI=1S/C38H43N7O6S2/c1-21(2)30-37-42-28(20-53-37)32(47)39-25(17-23-11-6-4-7-12-23)36-41-27(19-52-36)33(48)40-26(18-24-13-8-5-9-14-24)38(51)45-16-10-15-29(45)34(49)44-31(22(3)46)35(50)43-30/h4-9,11-14,19-22,25-26,29-31,46H,10,15-18H2,1-3H3,(H,39,47)(H,40,48)(H,43,50)(H,44,49)/t22-,25-,26+,29-,30+,31-/m0/s1. The number of thiazole rings is 2. The predicted molar refractivity (Wildman–Crippen MR) is 200 cm³/mol. The molecular weight excluding hydrogens is 715 g/mol. The van der Waals surface area contributed by atoms with Crippen LogP contribution in [0.15, 0.2) is 71.4 Å². The zero-order chi connectivity index (χ0) is 37.6. The molecule has 6 rings (SSSR count). The summed E-state index contributed by atoms with van der Waals surface area (Å²) in [6, 6.07) is 14.3. The average molecular weight is 758 g/mol. The van der Waals surface area contributed by atoms with E-state index in [1.165, 1.54) is 34.5 Å². The minimum absolute atomic E-state index is 0.0878. The molecule has 5 N–H and O–H groups in total. The molecule has 2 aliphatic rings. The Morgan fingerprint density at radius 1 is 0.717 bits per heavy atom. The number of aliphatic hydroxyl groups is 1. The van der Waals surface area contributed by atoms with E-state index in [9.17, 15) is 29.1 Å². The maximum absolute atomic E-state index is 14.3. The fourth-order valence-electron chi connectivity index (χ4n) is 6.57. The summed E-state index contributed by atoms with van der Waals surface area (Å²) in [5.74, 6) is -2.87. The zero-order valence-corrected chi connectivity index (χ0v) is 31.3. The lowest BCUT2D eigenvalue weighted by Crippen LogP contribution is -2.59. The molecule has 0 aliphatic carbocycles. The molecule has 278 valence electrons. The Balaban J connectivity index is 1.39. The van der Waals surface area contributed by atoms with Crippen LogP contribution in [0, 0.1) is 5.92 Å². The van der Waals surface area contributed by atoms with Crippen molar-refractivity contribution in [3.8, 4) is 0 Å². The number of benzene rings is 2. The Bertz CT molecular complexity index is 1930. The van der Waals surface area contributed by atoms with E-state index in [2.05, 4.69) is 31.2 Å². The fraction of sp³-hybridized carbons (Fsp3) is 0.395. The number of hydrogen-bond acceptors (Lipinski definition) is 10. The number of carbonyl (C=O) groups excluding carboxylic acids is 5. The van der Waals surface area contributed by atoms with E-state index in [0.29, 0.717) is 29.3 Å². The molecule has 0 radical (unpaired) electrons. The van der Waals surface area contributed by atoms with Gasteiger partial charge in [-0.2, -0.15) is 0 Å². The highest BCUT2D eigenvalue weighted by molar-refractivity contribution is 7.10. The van der Waals surface area contributed by atoms with Gasteiger partial charge >= 0.3 is 0 Å². The summed E-state index contributed by atoms with van der Waals surface area (Å²) < 4.78 is 0. The molecule has 2 aliphatic heterocycles. The lowest BCUT2D eigenvalue weighted by atomic mass is 10.0. The average Bonchev–Trinajstić information content (AvgIpc) is 3.94. The first kappa shape index (κ1) is 37.8. The molecular formula is C38H43N7O6S2. The van der Waals surface area contributed by atoms with Gasteiger partial charge in [0.05, 0.1) is 18.2 Å². The minimum atomic E-state index is -1.34. The first-order valence-electron chi connectivity index (χ1n) is 17.7. The van der Waals surface area contributed by atoms with Gasteiger partial charge in [-0.15, -0.1) is 22.7 Å². The van der Waals surface area contributed by atoms with E-state index in [0.717, 1.165) is 11.1 Å². The van der Waals surface area contributed by atoms with Gasteiger partial charge in [-0.25, -0.2) is 9.97 Å². The topological polar surface area (TPSA) is 183 Å². The molecule has 0 saturated carbocycles. The number of aliphatic hydroxyl groups excluding tert-OH is 1. The number of rotatable bonds is 6. The molecule has 6 atom stereocenters. The van der Waals surface area contributed by atoms with Crippen molar-refractivity contribution in [2.45, 2.75) is 82.8 Å². The zero-order valence-electron chi connectivity index (χ0n) is 29.7. The normalized spacial score (nSPS) is 23.7. The summed E-state index contributed by atoms with van der Waals surface area (Å²) in [4.78, 5) is 80.0. The fourth-order valence-corrected chi connectivity index (χ4v) is 8.44. The highest BCUT2D eigenvalue weighted by Gasteiger charge is 2.40. The third kappa shape index (κ3) is 8.98. The molecule has 4 aromatic rings. The van der Waals surface area contributed by atoms with Gasteiger partial charge in [0.25, 0.3) is 11.8 Å². The minimum Gasteiger partial charge on any atom is -0.391 e. The Kier molecular flexibility index (Phi) is 12.0. The smallest absolute Gasteiger partial charge is 0.271 e. The summed E-state index contributed by atoms with van der Waals surface area (Å²) in [6.07, 6.45) is 0.146. The molecule has 15 heteroatoms.